The lowest BCUT2D eigenvalue weighted by Gasteiger charge is -2.23. The number of rotatable bonds is 6. The van der Waals surface area contributed by atoms with Crippen molar-refractivity contribution >= 4 is 39.9 Å². The van der Waals surface area contributed by atoms with Crippen molar-refractivity contribution in [2.24, 2.45) is 0 Å². The molecule has 1 heterocycles. The second-order valence-corrected chi connectivity index (χ2v) is 10.7. The molecule has 1 aromatic heterocycles. The monoisotopic (exact) mass is 477 g/mol. The summed E-state index contributed by atoms with van der Waals surface area (Å²) >= 11 is 0. The smallest absolute Gasteiger partial charge is 0.357 e. The number of carbonyl (C=O) groups is 1. The maximum atomic E-state index is 15.2. The number of hydrogen-bond donors (Lipinski definition) is 0. The molecule has 35 heavy (non-hydrogen) atoms. The van der Waals surface area contributed by atoms with Gasteiger partial charge in [-0.2, -0.15) is 0 Å². The van der Waals surface area contributed by atoms with Crippen LogP contribution in [0.5, 0.6) is 0 Å². The molecule has 0 atom stereocenters. The van der Waals surface area contributed by atoms with Gasteiger partial charge in [0.2, 0.25) is 0 Å². The quantitative estimate of drug-likeness (QED) is 0.232. The summed E-state index contributed by atoms with van der Waals surface area (Å²) in [6, 6.07) is 36.1. The van der Waals surface area contributed by atoms with Crippen molar-refractivity contribution in [1.82, 2.24) is 4.98 Å². The standard InChI is InChI=1S/C30H24NO3P/c1-2-34-30(32)28-27(22-14-6-3-7-15-22)25-20-12-13-21-26(25)29(31-28)35(33,23-16-8-4-9-17-23)24-18-10-5-11-19-24/h3-21H,2H2,1H3. The van der Waals surface area contributed by atoms with E-state index in [0.29, 0.717) is 21.6 Å². The summed E-state index contributed by atoms with van der Waals surface area (Å²) in [7, 11) is -3.44. The number of aromatic nitrogens is 1. The first-order valence-electron chi connectivity index (χ1n) is 11.5. The number of fused-ring (bicyclic) bond motifs is 1. The van der Waals surface area contributed by atoms with Gasteiger partial charge in [0, 0.05) is 21.6 Å². The predicted molar refractivity (Wildman–Crippen MR) is 143 cm³/mol. The minimum atomic E-state index is -3.44. The number of hydrogen-bond acceptors (Lipinski definition) is 4. The fourth-order valence-corrected chi connectivity index (χ4v) is 7.15. The molecule has 0 amide bonds. The number of benzene rings is 4. The molecule has 0 aliphatic carbocycles. The van der Waals surface area contributed by atoms with Gasteiger partial charge >= 0.3 is 5.97 Å². The maximum Gasteiger partial charge on any atom is 0.357 e. The zero-order chi connectivity index (χ0) is 24.3. The lowest BCUT2D eigenvalue weighted by atomic mass is 9.97. The molecule has 4 aromatic carbocycles. The SMILES string of the molecule is CCOC(=O)c1nc(P(=O)(c2ccccc2)c2ccccc2)c2ccccc2c1-c1ccccc1. The Kier molecular flexibility index (Phi) is 6.31. The Balaban J connectivity index is 1.93. The molecule has 0 saturated carbocycles. The molecule has 172 valence electrons. The van der Waals surface area contributed by atoms with E-state index >= 15 is 4.57 Å². The number of ether oxygens (including phenoxy) is 1. The van der Waals surface area contributed by atoms with Gasteiger partial charge in [0.05, 0.1) is 6.61 Å². The fraction of sp³-hybridized carbons (Fsp3) is 0.0667. The number of carbonyl (C=O) groups excluding carboxylic acids is 1. The van der Waals surface area contributed by atoms with Crippen molar-refractivity contribution in [3.63, 3.8) is 0 Å². The number of esters is 1. The molecule has 0 fully saturated rings. The van der Waals surface area contributed by atoms with Gasteiger partial charge in [0.15, 0.2) is 12.8 Å². The zero-order valence-electron chi connectivity index (χ0n) is 19.3. The maximum absolute atomic E-state index is 15.2. The van der Waals surface area contributed by atoms with Gasteiger partial charge in [-0.05, 0) is 17.9 Å². The van der Waals surface area contributed by atoms with Crippen LogP contribution >= 0.6 is 7.14 Å². The van der Waals surface area contributed by atoms with Crippen molar-refractivity contribution < 1.29 is 14.1 Å². The second-order valence-electron chi connectivity index (χ2n) is 8.07. The zero-order valence-corrected chi connectivity index (χ0v) is 20.2. The van der Waals surface area contributed by atoms with E-state index in [1.54, 1.807) is 6.92 Å². The highest BCUT2D eigenvalue weighted by molar-refractivity contribution is 7.85. The lowest BCUT2D eigenvalue weighted by molar-refractivity contribution is 0.0521. The normalized spacial score (nSPS) is 11.3. The summed E-state index contributed by atoms with van der Waals surface area (Å²) in [6.45, 7) is 1.98. The van der Waals surface area contributed by atoms with Crippen LogP contribution in [0.4, 0.5) is 0 Å². The van der Waals surface area contributed by atoms with Crippen LogP contribution in [0.25, 0.3) is 21.9 Å². The Morgan fingerprint density at radius 3 is 1.74 bits per heavy atom. The molecule has 0 aliphatic rings. The molecule has 0 radical (unpaired) electrons. The van der Waals surface area contributed by atoms with E-state index in [1.807, 2.05) is 115 Å². The molecule has 0 spiro atoms. The Bertz CT molecular complexity index is 1490. The van der Waals surface area contributed by atoms with Gasteiger partial charge < -0.3 is 9.30 Å². The van der Waals surface area contributed by atoms with Crippen LogP contribution < -0.4 is 16.0 Å². The van der Waals surface area contributed by atoms with Crippen LogP contribution in [-0.2, 0) is 9.30 Å². The van der Waals surface area contributed by atoms with Crippen LogP contribution in [-0.4, -0.2) is 17.6 Å². The van der Waals surface area contributed by atoms with Crippen molar-refractivity contribution in [2.75, 3.05) is 6.61 Å². The largest absolute Gasteiger partial charge is 0.461 e. The Labute approximate surface area is 204 Å². The van der Waals surface area contributed by atoms with Gasteiger partial charge in [-0.1, -0.05) is 115 Å². The van der Waals surface area contributed by atoms with E-state index < -0.39 is 13.1 Å². The van der Waals surface area contributed by atoms with Gasteiger partial charge in [-0.3, -0.25) is 0 Å². The summed E-state index contributed by atoms with van der Waals surface area (Å²) in [4.78, 5) is 18.1. The Morgan fingerprint density at radius 2 is 1.20 bits per heavy atom. The predicted octanol–water partition coefficient (Wildman–Crippen LogP) is 5.72. The van der Waals surface area contributed by atoms with Crippen LogP contribution in [0.15, 0.2) is 115 Å². The highest BCUT2D eigenvalue weighted by Crippen LogP contribution is 2.45. The first kappa shape index (κ1) is 22.8. The molecule has 4 nitrogen and oxygen atoms in total. The molecule has 0 N–H and O–H groups in total. The first-order valence-corrected chi connectivity index (χ1v) is 13.2. The van der Waals surface area contributed by atoms with Crippen molar-refractivity contribution in [3.05, 3.63) is 121 Å². The molecule has 5 aromatic rings. The summed E-state index contributed by atoms with van der Waals surface area (Å²) in [5, 5.41) is 2.87. The number of pyridine rings is 1. The summed E-state index contributed by atoms with van der Waals surface area (Å²) in [5.41, 5.74) is 2.07. The third kappa shape index (κ3) is 4.07. The van der Waals surface area contributed by atoms with Crippen molar-refractivity contribution in [2.45, 2.75) is 6.92 Å². The minimum absolute atomic E-state index is 0.166. The van der Waals surface area contributed by atoms with E-state index in [9.17, 15) is 4.79 Å². The lowest BCUT2D eigenvalue weighted by Crippen LogP contribution is -2.29. The molecule has 0 bridgehead atoms. The van der Waals surface area contributed by atoms with E-state index in [4.69, 9.17) is 9.72 Å². The molecular formula is C30H24NO3P. The summed E-state index contributed by atoms with van der Waals surface area (Å²) in [5.74, 6) is -0.536. The van der Waals surface area contributed by atoms with Crippen LogP contribution in [0.3, 0.4) is 0 Å². The van der Waals surface area contributed by atoms with Gasteiger partial charge in [-0.15, -0.1) is 0 Å². The second kappa shape index (κ2) is 9.69. The van der Waals surface area contributed by atoms with E-state index in [2.05, 4.69) is 0 Å². The fourth-order valence-electron chi connectivity index (χ4n) is 4.40. The minimum Gasteiger partial charge on any atom is -0.461 e. The molecule has 5 heteroatoms. The van der Waals surface area contributed by atoms with Crippen molar-refractivity contribution in [1.29, 1.82) is 0 Å². The molecule has 0 aliphatic heterocycles. The van der Waals surface area contributed by atoms with E-state index in [0.717, 1.165) is 16.3 Å². The average molecular weight is 478 g/mol. The average Bonchev–Trinajstić information content (AvgIpc) is 2.93. The molecule has 5 rings (SSSR count). The van der Waals surface area contributed by atoms with E-state index in [-0.39, 0.29) is 12.3 Å². The highest BCUT2D eigenvalue weighted by atomic mass is 31.2. The highest BCUT2D eigenvalue weighted by Gasteiger charge is 2.35. The number of nitrogens with zero attached hydrogens (tertiary/aromatic N) is 1. The molecular weight excluding hydrogens is 453 g/mol. The topological polar surface area (TPSA) is 56.3 Å². The van der Waals surface area contributed by atoms with Crippen LogP contribution in [0.1, 0.15) is 17.4 Å². The van der Waals surface area contributed by atoms with Crippen LogP contribution in [0.2, 0.25) is 0 Å². The Morgan fingerprint density at radius 1 is 0.714 bits per heavy atom. The van der Waals surface area contributed by atoms with Crippen molar-refractivity contribution in [3.8, 4) is 11.1 Å². The molecule has 0 unspecified atom stereocenters. The first-order chi connectivity index (χ1) is 17.1. The third-order valence-corrected chi connectivity index (χ3v) is 8.95. The summed E-state index contributed by atoms with van der Waals surface area (Å²) < 4.78 is 20.6. The summed E-state index contributed by atoms with van der Waals surface area (Å²) in [6.07, 6.45) is 0. The van der Waals surface area contributed by atoms with Gasteiger partial charge in [-0.25, -0.2) is 9.78 Å². The third-order valence-electron chi connectivity index (χ3n) is 5.96. The Hall–Kier alpha value is -4.01. The van der Waals surface area contributed by atoms with Gasteiger partial charge in [0.1, 0.15) is 5.44 Å². The van der Waals surface area contributed by atoms with Crippen LogP contribution in [0, 0.1) is 0 Å². The molecule has 0 saturated heterocycles. The van der Waals surface area contributed by atoms with Gasteiger partial charge in [0.25, 0.3) is 0 Å². The van der Waals surface area contributed by atoms with E-state index in [1.165, 1.54) is 0 Å².